The second kappa shape index (κ2) is 2.83. The average Bonchev–Trinajstić information content (AvgIpc) is 2.47. The lowest BCUT2D eigenvalue weighted by molar-refractivity contribution is 0.303. The average molecular weight is 150 g/mol. The van der Waals surface area contributed by atoms with Crippen molar-refractivity contribution < 1.29 is 4.79 Å². The molecule has 2 unspecified atom stereocenters. The van der Waals surface area contributed by atoms with Crippen LogP contribution >= 0.6 is 0 Å². The second-order valence-electron chi connectivity index (χ2n) is 3.82. The third-order valence-electron chi connectivity index (χ3n) is 3.27. The number of carbonyl (C=O) groups excluding carboxylic acids is 1. The molecule has 0 N–H and O–H groups in total. The van der Waals surface area contributed by atoms with Gasteiger partial charge in [-0.05, 0) is 37.5 Å². The van der Waals surface area contributed by atoms with Gasteiger partial charge in [-0.1, -0.05) is 12.8 Å². The van der Waals surface area contributed by atoms with Crippen LogP contribution in [0, 0.1) is 11.8 Å². The molecule has 2 aliphatic carbocycles. The van der Waals surface area contributed by atoms with Crippen molar-refractivity contribution in [3.8, 4) is 0 Å². The first-order valence-electron chi connectivity index (χ1n) is 4.65. The van der Waals surface area contributed by atoms with E-state index in [1.807, 2.05) is 0 Å². The van der Waals surface area contributed by atoms with Gasteiger partial charge in [-0.25, -0.2) is 4.79 Å². The van der Waals surface area contributed by atoms with Gasteiger partial charge in [0.1, 0.15) is 5.94 Å². The molecule has 0 aliphatic heterocycles. The van der Waals surface area contributed by atoms with Crippen molar-refractivity contribution in [3.63, 3.8) is 0 Å². The van der Waals surface area contributed by atoms with Gasteiger partial charge in [-0.15, -0.1) is 0 Å². The minimum atomic E-state index is 0.640. The zero-order valence-corrected chi connectivity index (χ0v) is 6.81. The second-order valence-corrected chi connectivity index (χ2v) is 3.82. The zero-order valence-electron chi connectivity index (χ0n) is 6.81. The Morgan fingerprint density at radius 3 is 2.82 bits per heavy atom. The van der Waals surface area contributed by atoms with Gasteiger partial charge in [0, 0.05) is 5.57 Å². The first kappa shape index (κ1) is 7.12. The van der Waals surface area contributed by atoms with Crippen LogP contribution in [0.1, 0.15) is 38.5 Å². The summed E-state index contributed by atoms with van der Waals surface area (Å²) in [5, 5.41) is 0. The van der Waals surface area contributed by atoms with Crippen LogP contribution < -0.4 is 0 Å². The minimum absolute atomic E-state index is 0.640. The van der Waals surface area contributed by atoms with Crippen molar-refractivity contribution in [2.45, 2.75) is 38.5 Å². The Hall–Kier alpha value is -0.550. The Morgan fingerprint density at radius 2 is 2.00 bits per heavy atom. The summed E-state index contributed by atoms with van der Waals surface area (Å²) in [7, 11) is 0. The summed E-state index contributed by atoms with van der Waals surface area (Å²) in [6, 6.07) is 0. The molecular formula is C10H14O. The lowest BCUT2D eigenvalue weighted by Crippen LogP contribution is -2.14. The molecule has 2 atom stereocenters. The minimum Gasteiger partial charge on any atom is -0.234 e. The summed E-state index contributed by atoms with van der Waals surface area (Å²) < 4.78 is 0. The van der Waals surface area contributed by atoms with Crippen LogP contribution in [0.5, 0.6) is 0 Å². The van der Waals surface area contributed by atoms with Crippen LogP contribution in [0.2, 0.25) is 0 Å². The maximum atomic E-state index is 10.5. The lowest BCUT2D eigenvalue weighted by Gasteiger charge is -2.24. The smallest absolute Gasteiger partial charge is 0.123 e. The largest absolute Gasteiger partial charge is 0.234 e. The quantitative estimate of drug-likeness (QED) is 0.484. The first-order valence-corrected chi connectivity index (χ1v) is 4.65. The van der Waals surface area contributed by atoms with E-state index in [1.165, 1.54) is 32.1 Å². The van der Waals surface area contributed by atoms with Crippen LogP contribution in [0.4, 0.5) is 0 Å². The molecule has 1 nitrogen and oxygen atoms in total. The van der Waals surface area contributed by atoms with Crippen molar-refractivity contribution in [1.82, 2.24) is 0 Å². The predicted octanol–water partition coefficient (Wildman–Crippen LogP) is 2.34. The number of rotatable bonds is 0. The fraction of sp³-hybridized carbons (Fsp3) is 0.800. The van der Waals surface area contributed by atoms with Gasteiger partial charge in [-0.3, -0.25) is 0 Å². The van der Waals surface area contributed by atoms with Gasteiger partial charge < -0.3 is 0 Å². The highest BCUT2D eigenvalue weighted by atomic mass is 16.1. The van der Waals surface area contributed by atoms with Gasteiger partial charge in [0.15, 0.2) is 0 Å². The topological polar surface area (TPSA) is 17.1 Å². The molecule has 2 rings (SSSR count). The van der Waals surface area contributed by atoms with E-state index in [4.69, 9.17) is 0 Å². The molecule has 2 saturated carbocycles. The van der Waals surface area contributed by atoms with E-state index in [0.29, 0.717) is 5.92 Å². The highest BCUT2D eigenvalue weighted by molar-refractivity contribution is 5.54. The van der Waals surface area contributed by atoms with Gasteiger partial charge in [0.25, 0.3) is 0 Å². The summed E-state index contributed by atoms with van der Waals surface area (Å²) in [6.45, 7) is 0. The Kier molecular flexibility index (Phi) is 1.83. The van der Waals surface area contributed by atoms with Crippen molar-refractivity contribution in [1.29, 1.82) is 0 Å². The molecular weight excluding hydrogens is 136 g/mol. The molecule has 0 aromatic heterocycles. The summed E-state index contributed by atoms with van der Waals surface area (Å²) in [6.07, 6.45) is 7.62. The fourth-order valence-corrected chi connectivity index (χ4v) is 2.66. The third-order valence-corrected chi connectivity index (χ3v) is 3.27. The molecule has 0 spiro atoms. The van der Waals surface area contributed by atoms with Crippen LogP contribution in [0.25, 0.3) is 0 Å². The Bertz CT molecular complexity index is 201. The lowest BCUT2D eigenvalue weighted by atomic mass is 9.80. The van der Waals surface area contributed by atoms with Crippen molar-refractivity contribution >= 4 is 5.94 Å². The molecule has 0 bridgehead atoms. The third kappa shape index (κ3) is 1.14. The van der Waals surface area contributed by atoms with Gasteiger partial charge >= 0.3 is 0 Å². The van der Waals surface area contributed by atoms with E-state index in [1.54, 1.807) is 0 Å². The van der Waals surface area contributed by atoms with Crippen LogP contribution in [0.15, 0.2) is 5.57 Å². The molecule has 2 aliphatic rings. The maximum Gasteiger partial charge on any atom is 0.123 e. The van der Waals surface area contributed by atoms with E-state index in [2.05, 4.69) is 5.94 Å². The zero-order chi connectivity index (χ0) is 7.68. The van der Waals surface area contributed by atoms with Gasteiger partial charge in [0.2, 0.25) is 0 Å². The summed E-state index contributed by atoms with van der Waals surface area (Å²) in [5.74, 6) is 3.62. The van der Waals surface area contributed by atoms with Crippen LogP contribution in [-0.2, 0) is 4.79 Å². The monoisotopic (exact) mass is 150 g/mol. The molecule has 0 saturated heterocycles. The van der Waals surface area contributed by atoms with Crippen LogP contribution in [-0.4, -0.2) is 5.94 Å². The number of fused-ring (bicyclic) bond motifs is 1. The van der Waals surface area contributed by atoms with E-state index in [-0.39, 0.29) is 0 Å². The summed E-state index contributed by atoms with van der Waals surface area (Å²) in [4.78, 5) is 10.5. The van der Waals surface area contributed by atoms with Crippen LogP contribution in [0.3, 0.4) is 0 Å². The van der Waals surface area contributed by atoms with E-state index in [9.17, 15) is 4.79 Å². The Labute approximate surface area is 67.5 Å². The summed E-state index contributed by atoms with van der Waals surface area (Å²) in [5.41, 5.74) is 1.09. The number of hydrogen-bond donors (Lipinski definition) is 0. The highest BCUT2D eigenvalue weighted by Crippen LogP contribution is 2.44. The van der Waals surface area contributed by atoms with Crippen molar-refractivity contribution in [2.75, 3.05) is 0 Å². The van der Waals surface area contributed by atoms with Crippen molar-refractivity contribution in [2.24, 2.45) is 11.8 Å². The molecule has 2 fully saturated rings. The summed E-state index contributed by atoms with van der Waals surface area (Å²) >= 11 is 0. The van der Waals surface area contributed by atoms with E-state index >= 15 is 0 Å². The molecule has 1 heteroatoms. The molecule has 0 heterocycles. The normalized spacial score (nSPS) is 36.5. The van der Waals surface area contributed by atoms with Gasteiger partial charge in [0.05, 0.1) is 0 Å². The molecule has 11 heavy (non-hydrogen) atoms. The molecule has 0 aromatic carbocycles. The van der Waals surface area contributed by atoms with E-state index in [0.717, 1.165) is 17.9 Å². The Morgan fingerprint density at radius 1 is 1.18 bits per heavy atom. The SMILES string of the molecule is O=C=C1CCC2CCCCC12. The van der Waals surface area contributed by atoms with Crippen molar-refractivity contribution in [3.05, 3.63) is 5.57 Å². The molecule has 60 valence electrons. The molecule has 0 radical (unpaired) electrons. The standard InChI is InChI=1S/C10H14O/c11-7-9-6-5-8-3-1-2-4-10(8)9/h8,10H,1-6H2. The maximum absolute atomic E-state index is 10.5. The number of hydrogen-bond acceptors (Lipinski definition) is 1. The first-order chi connectivity index (χ1) is 5.42. The van der Waals surface area contributed by atoms with Gasteiger partial charge in [-0.2, -0.15) is 0 Å². The molecule has 0 aromatic rings. The number of allylic oxidation sites excluding steroid dienone is 1. The molecule has 0 amide bonds. The Balaban J connectivity index is 2.16. The fourth-order valence-electron chi connectivity index (χ4n) is 2.66. The highest BCUT2D eigenvalue weighted by Gasteiger charge is 2.33. The predicted molar refractivity (Wildman–Crippen MR) is 43.9 cm³/mol. The van der Waals surface area contributed by atoms with E-state index < -0.39 is 0 Å².